The largest absolute Gasteiger partial charge is 0.468 e. The second-order valence-electron chi connectivity index (χ2n) is 3.81. The Hall–Kier alpha value is -1.17. The molecule has 0 amide bonds. The SMILES string of the molecule is COC(=O)C1CC(O)CN1S(=O)(=O)C(C)C#N. The number of ether oxygens (including phenoxy) is 1. The number of aliphatic hydroxyl groups is 1. The minimum atomic E-state index is -3.91. The minimum Gasteiger partial charge on any atom is -0.468 e. The van der Waals surface area contributed by atoms with E-state index < -0.39 is 33.4 Å². The first-order valence-corrected chi connectivity index (χ1v) is 6.51. The quantitative estimate of drug-likeness (QED) is 0.642. The van der Waals surface area contributed by atoms with Crippen molar-refractivity contribution in [2.75, 3.05) is 13.7 Å². The van der Waals surface area contributed by atoms with Crippen LogP contribution >= 0.6 is 0 Å². The van der Waals surface area contributed by atoms with Crippen molar-refractivity contribution in [2.45, 2.75) is 30.7 Å². The fraction of sp³-hybridized carbons (Fsp3) is 0.778. The number of hydrogen-bond acceptors (Lipinski definition) is 6. The molecule has 3 atom stereocenters. The van der Waals surface area contributed by atoms with Crippen molar-refractivity contribution >= 4 is 16.0 Å². The fourth-order valence-electron chi connectivity index (χ4n) is 1.69. The van der Waals surface area contributed by atoms with E-state index in [1.54, 1.807) is 6.07 Å². The number of aliphatic hydroxyl groups excluding tert-OH is 1. The molecule has 7 nitrogen and oxygen atoms in total. The van der Waals surface area contributed by atoms with Gasteiger partial charge in [-0.1, -0.05) is 0 Å². The van der Waals surface area contributed by atoms with Gasteiger partial charge in [-0.05, 0) is 6.92 Å². The molecule has 0 aromatic heterocycles. The maximum Gasteiger partial charge on any atom is 0.324 e. The molecule has 0 bridgehead atoms. The molecule has 1 heterocycles. The van der Waals surface area contributed by atoms with E-state index in [9.17, 15) is 18.3 Å². The van der Waals surface area contributed by atoms with Crippen LogP contribution in [0.5, 0.6) is 0 Å². The zero-order valence-electron chi connectivity index (χ0n) is 9.53. The van der Waals surface area contributed by atoms with Crippen LogP contribution in [0.2, 0.25) is 0 Å². The molecule has 0 radical (unpaired) electrons. The highest BCUT2D eigenvalue weighted by molar-refractivity contribution is 7.90. The molecule has 0 aliphatic carbocycles. The Labute approximate surface area is 99.6 Å². The Morgan fingerprint density at radius 3 is 2.71 bits per heavy atom. The zero-order chi connectivity index (χ0) is 13.2. The number of rotatable bonds is 3. The highest BCUT2D eigenvalue weighted by Crippen LogP contribution is 2.24. The molecular weight excluding hydrogens is 248 g/mol. The Bertz CT molecular complexity index is 441. The summed E-state index contributed by atoms with van der Waals surface area (Å²) in [6.07, 6.45) is -0.927. The van der Waals surface area contributed by atoms with Gasteiger partial charge in [0.25, 0.3) is 0 Å². The Morgan fingerprint density at radius 1 is 1.65 bits per heavy atom. The van der Waals surface area contributed by atoms with Crippen LogP contribution in [0, 0.1) is 11.3 Å². The van der Waals surface area contributed by atoms with E-state index in [1.807, 2.05) is 0 Å². The second kappa shape index (κ2) is 5.00. The summed E-state index contributed by atoms with van der Waals surface area (Å²) in [5.41, 5.74) is 0. The number of esters is 1. The zero-order valence-corrected chi connectivity index (χ0v) is 10.3. The summed E-state index contributed by atoms with van der Waals surface area (Å²) < 4.78 is 29.2. The molecule has 8 heteroatoms. The first-order chi connectivity index (χ1) is 7.84. The topological polar surface area (TPSA) is 108 Å². The summed E-state index contributed by atoms with van der Waals surface area (Å²) in [5.74, 6) is -0.727. The third-order valence-electron chi connectivity index (χ3n) is 2.66. The van der Waals surface area contributed by atoms with Crippen LogP contribution < -0.4 is 0 Å². The van der Waals surface area contributed by atoms with Crippen LogP contribution in [0.15, 0.2) is 0 Å². The predicted octanol–water partition coefficient (Wildman–Crippen LogP) is -1.16. The van der Waals surface area contributed by atoms with Gasteiger partial charge in [0.1, 0.15) is 6.04 Å². The summed E-state index contributed by atoms with van der Waals surface area (Å²) in [6, 6.07) is 0.565. The van der Waals surface area contributed by atoms with Gasteiger partial charge in [-0.3, -0.25) is 4.79 Å². The molecular formula is C9H14N2O5S. The highest BCUT2D eigenvalue weighted by atomic mass is 32.2. The lowest BCUT2D eigenvalue weighted by atomic mass is 10.2. The van der Waals surface area contributed by atoms with E-state index in [1.165, 1.54) is 6.92 Å². The molecule has 1 rings (SSSR count). The smallest absolute Gasteiger partial charge is 0.324 e. The monoisotopic (exact) mass is 262 g/mol. The van der Waals surface area contributed by atoms with Crippen molar-refractivity contribution in [3.8, 4) is 6.07 Å². The van der Waals surface area contributed by atoms with Gasteiger partial charge in [-0.2, -0.15) is 9.57 Å². The van der Waals surface area contributed by atoms with E-state index in [0.717, 1.165) is 11.4 Å². The van der Waals surface area contributed by atoms with Gasteiger partial charge < -0.3 is 9.84 Å². The molecule has 3 unspecified atom stereocenters. The van der Waals surface area contributed by atoms with E-state index in [4.69, 9.17) is 5.26 Å². The molecule has 0 saturated carbocycles. The average molecular weight is 262 g/mol. The van der Waals surface area contributed by atoms with Gasteiger partial charge in [-0.25, -0.2) is 8.42 Å². The number of nitrogens with zero attached hydrogens (tertiary/aromatic N) is 2. The summed E-state index contributed by atoms with van der Waals surface area (Å²) >= 11 is 0. The standard InChI is InChI=1S/C9H14N2O5S/c1-6(4-10)17(14,15)11-5-7(12)3-8(11)9(13)16-2/h6-8,12H,3,5H2,1-2H3. The van der Waals surface area contributed by atoms with E-state index in [0.29, 0.717) is 0 Å². The summed E-state index contributed by atoms with van der Waals surface area (Å²) in [7, 11) is -2.77. The second-order valence-corrected chi connectivity index (χ2v) is 6.02. The van der Waals surface area contributed by atoms with Gasteiger partial charge in [0.2, 0.25) is 10.0 Å². The van der Waals surface area contributed by atoms with Crippen molar-refractivity contribution in [2.24, 2.45) is 0 Å². The third kappa shape index (κ3) is 2.57. The third-order valence-corrected chi connectivity index (χ3v) is 4.72. The Balaban J connectivity index is 3.04. The van der Waals surface area contributed by atoms with Crippen LogP contribution in [-0.2, 0) is 19.6 Å². The van der Waals surface area contributed by atoms with E-state index >= 15 is 0 Å². The van der Waals surface area contributed by atoms with Gasteiger partial charge in [0.05, 0.1) is 19.3 Å². The molecule has 0 aromatic carbocycles. The molecule has 1 N–H and O–H groups in total. The summed E-state index contributed by atoms with van der Waals surface area (Å²) in [6.45, 7) is 1.04. The average Bonchev–Trinajstić information content (AvgIpc) is 2.69. The van der Waals surface area contributed by atoms with Crippen LogP contribution in [0.25, 0.3) is 0 Å². The highest BCUT2D eigenvalue weighted by Gasteiger charge is 2.45. The van der Waals surface area contributed by atoms with Crippen LogP contribution in [0.1, 0.15) is 13.3 Å². The Morgan fingerprint density at radius 2 is 2.24 bits per heavy atom. The van der Waals surface area contributed by atoms with Crippen molar-refractivity contribution in [3.63, 3.8) is 0 Å². The lowest BCUT2D eigenvalue weighted by Crippen LogP contribution is -2.44. The van der Waals surface area contributed by atoms with Crippen molar-refractivity contribution in [3.05, 3.63) is 0 Å². The van der Waals surface area contributed by atoms with E-state index in [-0.39, 0.29) is 13.0 Å². The fourth-order valence-corrected chi connectivity index (χ4v) is 3.13. The molecule has 96 valence electrons. The number of hydrogen-bond donors (Lipinski definition) is 1. The number of β-amino-alcohol motifs (C(OH)–C–C–N with tert-alkyl or cyclic N) is 1. The summed E-state index contributed by atoms with van der Waals surface area (Å²) in [4.78, 5) is 11.4. The van der Waals surface area contributed by atoms with E-state index in [2.05, 4.69) is 4.74 Å². The number of carbonyl (C=O) groups excluding carboxylic acids is 1. The van der Waals surface area contributed by atoms with Crippen molar-refractivity contribution in [1.82, 2.24) is 4.31 Å². The van der Waals surface area contributed by atoms with Gasteiger partial charge in [-0.15, -0.1) is 0 Å². The lowest BCUT2D eigenvalue weighted by molar-refractivity contribution is -0.144. The molecule has 1 aliphatic heterocycles. The normalized spacial score (nSPS) is 27.4. The number of carbonyl (C=O) groups is 1. The van der Waals surface area contributed by atoms with Crippen molar-refractivity contribution in [1.29, 1.82) is 5.26 Å². The number of sulfonamides is 1. The lowest BCUT2D eigenvalue weighted by Gasteiger charge is -2.22. The maximum absolute atomic E-state index is 11.9. The predicted molar refractivity (Wildman–Crippen MR) is 57.1 cm³/mol. The maximum atomic E-state index is 11.9. The number of methoxy groups -OCH3 is 1. The molecule has 1 aliphatic rings. The molecule has 1 saturated heterocycles. The minimum absolute atomic E-state index is 0.00987. The Kier molecular flexibility index (Phi) is 4.08. The van der Waals surface area contributed by atoms with Gasteiger partial charge in [0.15, 0.2) is 5.25 Å². The van der Waals surface area contributed by atoms with Crippen LogP contribution in [0.4, 0.5) is 0 Å². The number of nitriles is 1. The van der Waals surface area contributed by atoms with Crippen LogP contribution in [-0.4, -0.2) is 54.8 Å². The van der Waals surface area contributed by atoms with Gasteiger partial charge >= 0.3 is 5.97 Å². The van der Waals surface area contributed by atoms with Gasteiger partial charge in [0, 0.05) is 13.0 Å². The first kappa shape index (κ1) is 13.9. The first-order valence-electron chi connectivity index (χ1n) is 5.00. The van der Waals surface area contributed by atoms with Crippen LogP contribution in [0.3, 0.4) is 0 Å². The molecule has 0 aromatic rings. The van der Waals surface area contributed by atoms with Crippen molar-refractivity contribution < 1.29 is 23.1 Å². The molecule has 1 fully saturated rings. The molecule has 17 heavy (non-hydrogen) atoms. The summed E-state index contributed by atoms with van der Waals surface area (Å²) in [5, 5.41) is 16.8. The molecule has 0 spiro atoms.